The Morgan fingerprint density at radius 2 is 1.69 bits per heavy atom. The highest BCUT2D eigenvalue weighted by Crippen LogP contribution is 2.36. The maximum Gasteiger partial charge on any atom is 0.318 e. The van der Waals surface area contributed by atoms with Crippen LogP contribution in [0.2, 0.25) is 0 Å². The van der Waals surface area contributed by atoms with Crippen molar-refractivity contribution in [2.75, 3.05) is 12.4 Å². The molecule has 1 aliphatic heterocycles. The van der Waals surface area contributed by atoms with Crippen LogP contribution < -0.4 is 29.7 Å². The number of carbonyl (C=O) groups is 1. The van der Waals surface area contributed by atoms with E-state index in [9.17, 15) is 29.8 Å². The Morgan fingerprint density at radius 3 is 2.42 bits per heavy atom. The summed E-state index contributed by atoms with van der Waals surface area (Å²) < 4.78 is 13.1. The molecule has 0 bridgehead atoms. The van der Waals surface area contributed by atoms with Crippen molar-refractivity contribution in [3.63, 3.8) is 0 Å². The van der Waals surface area contributed by atoms with Gasteiger partial charge in [0.25, 0.3) is 17.2 Å². The minimum Gasteiger partial charge on any atom is -0.497 e. The number of nitrogens with one attached hydrogen (secondary N) is 1. The Bertz CT molecular complexity index is 2310. The van der Waals surface area contributed by atoms with Gasteiger partial charge in [0.05, 0.1) is 44.9 Å². The van der Waals surface area contributed by atoms with Crippen LogP contribution in [-0.2, 0) is 4.79 Å². The number of thiazole rings is 1. The number of methoxy groups -OCH3 is 1. The summed E-state index contributed by atoms with van der Waals surface area (Å²) in [4.78, 5) is 54.4. The number of hydrogen-bond donors (Lipinski definition) is 1. The molecule has 2 heterocycles. The summed E-state index contributed by atoms with van der Waals surface area (Å²) in [5, 5.41) is 25.8. The number of nitro groups is 2. The molecule has 48 heavy (non-hydrogen) atoms. The lowest BCUT2D eigenvalue weighted by Crippen LogP contribution is -2.40. The summed E-state index contributed by atoms with van der Waals surface area (Å²) in [7, 11) is 1.53. The molecule has 5 aromatic rings. The first kappa shape index (κ1) is 31.6. The molecule has 1 aromatic heterocycles. The van der Waals surface area contributed by atoms with Gasteiger partial charge in [-0.15, -0.1) is 0 Å². The number of nitro benzene ring substituents is 2. The Kier molecular flexibility index (Phi) is 8.64. The van der Waals surface area contributed by atoms with Gasteiger partial charge in [0.1, 0.15) is 11.5 Å². The third-order valence-electron chi connectivity index (χ3n) is 7.48. The van der Waals surface area contributed by atoms with Gasteiger partial charge < -0.3 is 14.8 Å². The Labute approximate surface area is 275 Å². The van der Waals surface area contributed by atoms with Crippen LogP contribution in [0, 0.1) is 20.2 Å². The van der Waals surface area contributed by atoms with Crippen molar-refractivity contribution >= 4 is 40.4 Å². The van der Waals surface area contributed by atoms with E-state index in [-0.39, 0.29) is 21.6 Å². The van der Waals surface area contributed by atoms with Gasteiger partial charge in [-0.2, -0.15) is 0 Å². The van der Waals surface area contributed by atoms with Crippen molar-refractivity contribution in [3.8, 4) is 17.2 Å². The van der Waals surface area contributed by atoms with Crippen molar-refractivity contribution < 1.29 is 24.1 Å². The number of nitrogens with zero attached hydrogens (tertiary/aromatic N) is 4. The maximum atomic E-state index is 14.2. The molecular formula is C34H25N5O8S. The van der Waals surface area contributed by atoms with E-state index in [1.54, 1.807) is 85.8 Å². The number of fused-ring (bicyclic) bond motifs is 1. The SMILES string of the molecule is COc1cccc([C@H]2C(C(=O)Nc3ccccc3)=C(C)N=c3s/c(=C/c4ccccc4Oc4ccc([N+](=O)[O-])cc4[N+](=O)[O-])c(=O)n32)c1. The molecule has 6 rings (SSSR count). The molecule has 14 heteroatoms. The second-order valence-electron chi connectivity index (χ2n) is 10.5. The largest absolute Gasteiger partial charge is 0.497 e. The van der Waals surface area contributed by atoms with E-state index in [0.29, 0.717) is 33.1 Å². The van der Waals surface area contributed by atoms with E-state index < -0.39 is 38.7 Å². The monoisotopic (exact) mass is 663 g/mol. The van der Waals surface area contributed by atoms with Crippen LogP contribution in [0.15, 0.2) is 118 Å². The molecule has 0 radical (unpaired) electrons. The normalized spacial score (nSPS) is 14.1. The first-order chi connectivity index (χ1) is 23.1. The maximum absolute atomic E-state index is 14.2. The molecule has 0 spiro atoms. The molecule has 4 aromatic carbocycles. The number of benzene rings is 4. The van der Waals surface area contributed by atoms with E-state index in [0.717, 1.165) is 29.5 Å². The van der Waals surface area contributed by atoms with Gasteiger partial charge in [-0.1, -0.05) is 59.9 Å². The molecule has 0 unspecified atom stereocenters. The van der Waals surface area contributed by atoms with Crippen molar-refractivity contribution in [2.24, 2.45) is 4.99 Å². The third kappa shape index (κ3) is 6.19. The number of hydrogen-bond acceptors (Lipinski definition) is 10. The van der Waals surface area contributed by atoms with Crippen LogP contribution in [0.4, 0.5) is 17.1 Å². The quantitative estimate of drug-likeness (QED) is 0.160. The number of rotatable bonds is 9. The molecule has 1 atom stereocenters. The van der Waals surface area contributed by atoms with Crippen LogP contribution in [-0.4, -0.2) is 27.4 Å². The van der Waals surface area contributed by atoms with Gasteiger partial charge in [0.2, 0.25) is 5.75 Å². The number of para-hydroxylation sites is 2. The molecular weight excluding hydrogens is 638 g/mol. The topological polar surface area (TPSA) is 168 Å². The van der Waals surface area contributed by atoms with Gasteiger partial charge in [-0.3, -0.25) is 34.4 Å². The molecule has 0 saturated heterocycles. The van der Waals surface area contributed by atoms with Gasteiger partial charge >= 0.3 is 5.69 Å². The molecule has 13 nitrogen and oxygen atoms in total. The minimum absolute atomic E-state index is 0.170. The summed E-state index contributed by atoms with van der Waals surface area (Å²) in [6, 6.07) is 24.9. The summed E-state index contributed by atoms with van der Waals surface area (Å²) in [6.45, 7) is 1.71. The smallest absolute Gasteiger partial charge is 0.318 e. The average Bonchev–Trinajstić information content (AvgIpc) is 3.38. The van der Waals surface area contributed by atoms with Crippen LogP contribution in [0.3, 0.4) is 0 Å². The van der Waals surface area contributed by atoms with E-state index in [1.807, 2.05) is 6.07 Å². The van der Waals surface area contributed by atoms with Gasteiger partial charge in [0, 0.05) is 17.3 Å². The summed E-state index contributed by atoms with van der Waals surface area (Å²) in [5.41, 5.74) is 0.845. The molecule has 0 aliphatic carbocycles. The predicted octanol–water partition coefficient (Wildman–Crippen LogP) is 5.49. The summed E-state index contributed by atoms with van der Waals surface area (Å²) in [6.07, 6.45) is 1.57. The zero-order chi connectivity index (χ0) is 33.9. The van der Waals surface area contributed by atoms with Crippen LogP contribution in [0.5, 0.6) is 17.2 Å². The van der Waals surface area contributed by atoms with Crippen molar-refractivity contribution in [2.45, 2.75) is 13.0 Å². The first-order valence-corrected chi connectivity index (χ1v) is 15.2. The van der Waals surface area contributed by atoms with Gasteiger partial charge in [0.15, 0.2) is 4.80 Å². The summed E-state index contributed by atoms with van der Waals surface area (Å²) >= 11 is 1.11. The molecule has 1 aliphatic rings. The minimum atomic E-state index is -0.850. The Hall–Kier alpha value is -6.41. The van der Waals surface area contributed by atoms with Crippen molar-refractivity contribution in [3.05, 3.63) is 159 Å². The number of allylic oxidation sites excluding steroid dienone is 1. The lowest BCUT2D eigenvalue weighted by molar-refractivity contribution is -0.394. The highest BCUT2D eigenvalue weighted by molar-refractivity contribution is 7.07. The number of carbonyl (C=O) groups excluding carboxylic acids is 1. The van der Waals surface area contributed by atoms with E-state index >= 15 is 0 Å². The standard InChI is InChI=1S/C34H25N5O8S/c1-20-30(32(40)36-23-11-4-3-5-12-23)31(22-10-8-13-25(17-22)46-2)37-33(41)29(48-34(37)35-20)18-21-9-6-7-14-27(21)47-28-16-15-24(38(42)43)19-26(28)39(44)45/h3-19,31H,1-2H3,(H,36,40)/b29-18+/t31-/m0/s1. The van der Waals surface area contributed by atoms with Crippen LogP contribution in [0.1, 0.15) is 24.1 Å². The van der Waals surface area contributed by atoms with Gasteiger partial charge in [-0.05, 0) is 55.0 Å². The van der Waals surface area contributed by atoms with Gasteiger partial charge in [-0.25, -0.2) is 4.99 Å². The van der Waals surface area contributed by atoms with E-state index in [1.165, 1.54) is 11.7 Å². The molecule has 240 valence electrons. The van der Waals surface area contributed by atoms with Crippen molar-refractivity contribution in [1.82, 2.24) is 4.57 Å². The lowest BCUT2D eigenvalue weighted by atomic mass is 9.95. The summed E-state index contributed by atoms with van der Waals surface area (Å²) in [5.74, 6) is 0.0749. The van der Waals surface area contributed by atoms with Crippen LogP contribution >= 0.6 is 11.3 Å². The Balaban J connectivity index is 1.46. The van der Waals surface area contributed by atoms with E-state index in [4.69, 9.17) is 9.47 Å². The predicted molar refractivity (Wildman–Crippen MR) is 178 cm³/mol. The number of anilines is 1. The highest BCUT2D eigenvalue weighted by atomic mass is 32.1. The zero-order valence-corrected chi connectivity index (χ0v) is 26.2. The number of non-ortho nitro benzene ring substituents is 1. The number of aromatic nitrogens is 1. The first-order valence-electron chi connectivity index (χ1n) is 14.4. The molecule has 1 amide bonds. The number of ether oxygens (including phenoxy) is 2. The van der Waals surface area contributed by atoms with Crippen LogP contribution in [0.25, 0.3) is 6.08 Å². The Morgan fingerprint density at radius 1 is 0.938 bits per heavy atom. The zero-order valence-electron chi connectivity index (χ0n) is 25.4. The lowest BCUT2D eigenvalue weighted by Gasteiger charge is -2.25. The average molecular weight is 664 g/mol. The van der Waals surface area contributed by atoms with Crippen molar-refractivity contribution in [1.29, 1.82) is 0 Å². The fourth-order valence-corrected chi connectivity index (χ4v) is 6.30. The second kappa shape index (κ2) is 13.1. The number of amides is 1. The molecule has 0 fully saturated rings. The molecule has 1 N–H and O–H groups in total. The van der Waals surface area contributed by atoms with E-state index in [2.05, 4.69) is 10.3 Å². The molecule has 0 saturated carbocycles. The fourth-order valence-electron chi connectivity index (χ4n) is 5.26. The highest BCUT2D eigenvalue weighted by Gasteiger charge is 2.33. The second-order valence-corrected chi connectivity index (χ2v) is 11.5. The fraction of sp³-hybridized carbons (Fsp3) is 0.0882. The third-order valence-corrected chi connectivity index (χ3v) is 8.47.